The van der Waals surface area contributed by atoms with Crippen LogP contribution in [0.15, 0.2) is 20.1 Å². The van der Waals surface area contributed by atoms with Crippen LogP contribution in [0.5, 0.6) is 0 Å². The van der Waals surface area contributed by atoms with Crippen molar-refractivity contribution in [3.63, 3.8) is 0 Å². The number of hydrogen-bond donors (Lipinski definition) is 0. The molecule has 1 rings (SSSR count). The fourth-order valence-corrected chi connectivity index (χ4v) is 3.74. The Bertz CT molecular complexity index is 377. The van der Waals surface area contributed by atoms with E-state index >= 15 is 0 Å². The minimum Gasteiger partial charge on any atom is -0.110 e. The molecule has 0 radical (unpaired) electrons. The van der Waals surface area contributed by atoms with Crippen LogP contribution in [0.1, 0.15) is 13.8 Å². The fourth-order valence-electron chi connectivity index (χ4n) is 1.32. The molecule has 0 bridgehead atoms. The summed E-state index contributed by atoms with van der Waals surface area (Å²) in [4.78, 5) is -2.88. The molecule has 2 atom stereocenters. The van der Waals surface area contributed by atoms with Crippen molar-refractivity contribution in [1.82, 2.24) is 0 Å². The summed E-state index contributed by atoms with van der Waals surface area (Å²) in [6.45, 7) is 2.97. The Kier molecular flexibility index (Phi) is 4.93. The molecule has 1 aliphatic carbocycles. The topological polar surface area (TPSA) is 0 Å². The van der Waals surface area contributed by atoms with Gasteiger partial charge in [0.1, 0.15) is 9.75 Å². The smallest absolute Gasteiger partial charge is 0.110 e. The minimum atomic E-state index is -1.71. The second-order valence-corrected chi connectivity index (χ2v) is 8.19. The third kappa shape index (κ3) is 2.32. The van der Waals surface area contributed by atoms with Crippen molar-refractivity contribution in [3.05, 3.63) is 20.1 Å². The van der Waals surface area contributed by atoms with Crippen LogP contribution in [0.2, 0.25) is 0 Å². The molecule has 98 valence electrons. The van der Waals surface area contributed by atoms with Crippen LogP contribution in [-0.4, -0.2) is 14.1 Å². The van der Waals surface area contributed by atoms with Crippen molar-refractivity contribution in [3.8, 4) is 0 Å². The first-order chi connectivity index (χ1) is 7.39. The van der Waals surface area contributed by atoms with Gasteiger partial charge in [0.15, 0.2) is 4.33 Å². The van der Waals surface area contributed by atoms with Crippen LogP contribution in [0.25, 0.3) is 0 Å². The van der Waals surface area contributed by atoms with Gasteiger partial charge in [0.2, 0.25) is 0 Å². The summed E-state index contributed by atoms with van der Waals surface area (Å²) in [7, 11) is 0. The molecule has 17 heavy (non-hydrogen) atoms. The molecule has 8 heteroatoms. The molecule has 0 spiro atoms. The lowest BCUT2D eigenvalue weighted by Crippen LogP contribution is -2.52. The number of hydrogen-bond acceptors (Lipinski definition) is 0. The van der Waals surface area contributed by atoms with Gasteiger partial charge in [-0.05, 0) is 13.8 Å². The van der Waals surface area contributed by atoms with Gasteiger partial charge in [0.25, 0.3) is 0 Å². The molecule has 0 aromatic heterocycles. The Morgan fingerprint density at radius 3 is 1.12 bits per heavy atom. The third-order valence-corrected chi connectivity index (χ3v) is 7.80. The highest BCUT2D eigenvalue weighted by atomic mass is 35.5. The zero-order valence-corrected chi connectivity index (χ0v) is 14.6. The van der Waals surface area contributed by atoms with Crippen LogP contribution >= 0.6 is 92.8 Å². The highest BCUT2D eigenvalue weighted by molar-refractivity contribution is 6.64. The molecule has 0 fully saturated rings. The lowest BCUT2D eigenvalue weighted by molar-refractivity contribution is 0.548. The summed E-state index contributed by atoms with van der Waals surface area (Å²) < 4.78 is -1.71. The maximum atomic E-state index is 6.26. The van der Waals surface area contributed by atoms with Crippen molar-refractivity contribution in [2.45, 2.75) is 27.9 Å². The largest absolute Gasteiger partial charge is 0.165 e. The summed E-state index contributed by atoms with van der Waals surface area (Å²) in [5.74, 6) is 0. The van der Waals surface area contributed by atoms with Gasteiger partial charge in [-0.25, -0.2) is 0 Å². The zero-order valence-electron chi connectivity index (χ0n) is 8.52. The van der Waals surface area contributed by atoms with E-state index in [9.17, 15) is 0 Å². The molecule has 0 aliphatic heterocycles. The average Bonchev–Trinajstić information content (AvgIpc) is 2.24. The second-order valence-electron chi connectivity index (χ2n) is 3.84. The highest BCUT2D eigenvalue weighted by Crippen LogP contribution is 2.61. The SMILES string of the molecule is C[C@]1(Cl)C(Cl)=C(Cl)C(Cl)=C(Cl)[C@](C)(Cl)C1(Cl)Cl. The number of allylic oxidation sites excluding steroid dienone is 4. The van der Waals surface area contributed by atoms with Crippen molar-refractivity contribution in [2.24, 2.45) is 0 Å². The summed E-state index contributed by atoms with van der Waals surface area (Å²) in [5.41, 5.74) is 0. The van der Waals surface area contributed by atoms with Crippen LogP contribution in [-0.2, 0) is 0 Å². The van der Waals surface area contributed by atoms with E-state index in [4.69, 9.17) is 92.8 Å². The number of halogens is 8. The molecule has 1 aliphatic rings. The van der Waals surface area contributed by atoms with E-state index in [0.717, 1.165) is 0 Å². The van der Waals surface area contributed by atoms with Gasteiger partial charge in [0, 0.05) is 0 Å². The fraction of sp³-hybridized carbons (Fsp3) is 0.556. The molecule has 0 saturated carbocycles. The summed E-state index contributed by atoms with van der Waals surface area (Å²) >= 11 is 49.0. The molecule has 0 nitrogen and oxygen atoms in total. The quantitative estimate of drug-likeness (QED) is 0.407. The first-order valence-electron chi connectivity index (χ1n) is 4.26. The van der Waals surface area contributed by atoms with Gasteiger partial charge in [-0.1, -0.05) is 69.6 Å². The molecule has 0 aromatic carbocycles. The van der Waals surface area contributed by atoms with Crippen molar-refractivity contribution >= 4 is 92.8 Å². The zero-order chi connectivity index (χ0) is 13.8. The van der Waals surface area contributed by atoms with E-state index in [1.807, 2.05) is 0 Å². The summed E-state index contributed by atoms with van der Waals surface area (Å²) in [6, 6.07) is 0. The lowest BCUT2D eigenvalue weighted by Gasteiger charge is -2.42. The van der Waals surface area contributed by atoms with E-state index < -0.39 is 14.1 Å². The van der Waals surface area contributed by atoms with Gasteiger partial charge in [0.05, 0.1) is 20.1 Å². The molecule has 0 amide bonds. The predicted molar refractivity (Wildman–Crippen MR) is 80.4 cm³/mol. The van der Waals surface area contributed by atoms with Crippen molar-refractivity contribution < 1.29 is 0 Å². The van der Waals surface area contributed by atoms with E-state index in [1.165, 1.54) is 13.8 Å². The van der Waals surface area contributed by atoms with Gasteiger partial charge in [-0.2, -0.15) is 0 Å². The molecule has 0 unspecified atom stereocenters. The number of alkyl halides is 4. The van der Waals surface area contributed by atoms with E-state index in [-0.39, 0.29) is 20.1 Å². The second kappa shape index (κ2) is 4.97. The summed E-state index contributed by atoms with van der Waals surface area (Å²) in [6.07, 6.45) is 0. The van der Waals surface area contributed by atoms with E-state index in [1.54, 1.807) is 0 Å². The molecular weight excluding hydrogens is 392 g/mol. The molecule has 0 saturated heterocycles. The molecule has 0 N–H and O–H groups in total. The Labute approximate surface area is 140 Å². The Hall–Kier alpha value is 1.80. The van der Waals surface area contributed by atoms with E-state index in [0.29, 0.717) is 0 Å². The van der Waals surface area contributed by atoms with Gasteiger partial charge in [-0.3, -0.25) is 0 Å². The predicted octanol–water partition coefficient (Wildman–Crippen LogP) is 6.55. The Balaban J connectivity index is 3.71. The average molecular weight is 398 g/mol. The van der Waals surface area contributed by atoms with Crippen LogP contribution in [0, 0.1) is 0 Å². The first-order valence-corrected chi connectivity index (χ1v) is 7.29. The maximum Gasteiger partial charge on any atom is 0.165 e. The highest BCUT2D eigenvalue weighted by Gasteiger charge is 2.62. The monoisotopic (exact) mass is 394 g/mol. The Morgan fingerprint density at radius 1 is 0.647 bits per heavy atom. The normalized spacial score (nSPS) is 38.5. The lowest BCUT2D eigenvalue weighted by atomic mass is 9.95. The molecule has 0 heterocycles. The van der Waals surface area contributed by atoms with Crippen molar-refractivity contribution in [1.29, 1.82) is 0 Å². The van der Waals surface area contributed by atoms with Gasteiger partial charge in [-0.15, -0.1) is 23.2 Å². The van der Waals surface area contributed by atoms with Crippen LogP contribution in [0.4, 0.5) is 0 Å². The van der Waals surface area contributed by atoms with Crippen molar-refractivity contribution in [2.75, 3.05) is 0 Å². The van der Waals surface area contributed by atoms with E-state index in [2.05, 4.69) is 0 Å². The standard InChI is InChI=1S/C9H6Cl8/c1-7(14)5(12)3(10)4(11)6(13)8(2,15)9(7,16)17/h1-2H3/t7-,8-/m0/s1. The molecule has 0 aromatic rings. The third-order valence-electron chi connectivity index (χ3n) is 2.58. The first kappa shape index (κ1) is 16.9. The number of rotatable bonds is 0. The maximum absolute atomic E-state index is 6.26. The minimum absolute atomic E-state index is 0.0154. The Morgan fingerprint density at radius 2 is 0.882 bits per heavy atom. The van der Waals surface area contributed by atoms with Gasteiger partial charge < -0.3 is 0 Å². The van der Waals surface area contributed by atoms with Crippen LogP contribution in [0.3, 0.4) is 0 Å². The molecular formula is C9H6Cl8. The van der Waals surface area contributed by atoms with Gasteiger partial charge >= 0.3 is 0 Å². The van der Waals surface area contributed by atoms with Crippen LogP contribution < -0.4 is 0 Å². The summed E-state index contributed by atoms with van der Waals surface area (Å²) in [5, 5.41) is -0.0755.